The summed E-state index contributed by atoms with van der Waals surface area (Å²) in [5.74, 6) is -0.359. The number of piperidine rings is 1. The summed E-state index contributed by atoms with van der Waals surface area (Å²) < 4.78 is 0.895. The third-order valence-electron chi connectivity index (χ3n) is 3.63. The minimum Gasteiger partial charge on any atom is -0.350 e. The van der Waals surface area contributed by atoms with Crippen molar-refractivity contribution in [2.75, 3.05) is 6.54 Å². The number of hydrogen-bond acceptors (Lipinski definition) is 4. The Morgan fingerprint density at radius 2 is 2.24 bits per heavy atom. The quantitative estimate of drug-likeness (QED) is 0.754. The van der Waals surface area contributed by atoms with Gasteiger partial charge in [0.15, 0.2) is 0 Å². The van der Waals surface area contributed by atoms with Gasteiger partial charge in [0.2, 0.25) is 5.91 Å². The lowest BCUT2D eigenvalue weighted by atomic mass is 9.99. The Kier molecular flexibility index (Phi) is 5.78. The van der Waals surface area contributed by atoms with Crippen molar-refractivity contribution in [3.63, 3.8) is 0 Å². The number of hydrogen-bond donors (Lipinski definition) is 3. The van der Waals surface area contributed by atoms with Gasteiger partial charge in [0, 0.05) is 12.1 Å². The molecule has 0 aromatic carbocycles. The molecule has 0 aliphatic carbocycles. The summed E-state index contributed by atoms with van der Waals surface area (Å²) in [6.07, 6.45) is 2.03. The van der Waals surface area contributed by atoms with Gasteiger partial charge in [-0.05, 0) is 61.3 Å². The summed E-state index contributed by atoms with van der Waals surface area (Å²) in [6, 6.07) is 3.40. The smallest absolute Gasteiger partial charge is 0.262 e. The predicted molar refractivity (Wildman–Crippen MR) is 87.6 cm³/mol. The van der Waals surface area contributed by atoms with Crippen LogP contribution < -0.4 is 16.0 Å². The molecule has 2 amide bonds. The van der Waals surface area contributed by atoms with Gasteiger partial charge in [0.05, 0.1) is 8.66 Å². The number of carbonyl (C=O) groups is 2. The van der Waals surface area contributed by atoms with E-state index in [1.54, 1.807) is 13.0 Å². The first kappa shape index (κ1) is 16.5. The number of carbonyl (C=O) groups excluding carboxylic acids is 2. The van der Waals surface area contributed by atoms with Gasteiger partial charge >= 0.3 is 0 Å². The fraction of sp³-hybridized carbons (Fsp3) is 0.571. The molecule has 116 valence electrons. The minimum atomic E-state index is -0.549. The van der Waals surface area contributed by atoms with E-state index in [1.807, 2.05) is 6.07 Å². The summed E-state index contributed by atoms with van der Waals surface area (Å²) in [5.41, 5.74) is 0. The van der Waals surface area contributed by atoms with E-state index < -0.39 is 6.04 Å². The molecule has 1 aliphatic rings. The second-order valence-corrected chi connectivity index (χ2v) is 7.76. The van der Waals surface area contributed by atoms with Crippen LogP contribution in [0.25, 0.3) is 0 Å². The van der Waals surface area contributed by atoms with E-state index in [2.05, 4.69) is 38.8 Å². The van der Waals surface area contributed by atoms with Gasteiger partial charge in [0.25, 0.3) is 5.91 Å². The normalized spacial score (nSPS) is 23.4. The Labute approximate surface area is 137 Å². The summed E-state index contributed by atoms with van der Waals surface area (Å²) in [7, 11) is 0. The summed E-state index contributed by atoms with van der Waals surface area (Å²) in [6.45, 7) is 4.76. The van der Waals surface area contributed by atoms with Crippen LogP contribution in [0.2, 0.25) is 0 Å². The van der Waals surface area contributed by atoms with Crippen LogP contribution in [0.15, 0.2) is 15.9 Å². The summed E-state index contributed by atoms with van der Waals surface area (Å²) in [4.78, 5) is 24.8. The Morgan fingerprint density at radius 3 is 2.86 bits per heavy atom. The first-order valence-corrected chi connectivity index (χ1v) is 8.68. The maximum absolute atomic E-state index is 12.2. The fourth-order valence-corrected chi connectivity index (χ4v) is 3.61. The summed E-state index contributed by atoms with van der Waals surface area (Å²) >= 11 is 4.67. The first-order chi connectivity index (χ1) is 9.97. The lowest BCUT2D eigenvalue weighted by molar-refractivity contribution is -0.123. The van der Waals surface area contributed by atoms with Gasteiger partial charge in [-0.3, -0.25) is 9.59 Å². The molecule has 1 fully saturated rings. The van der Waals surface area contributed by atoms with Crippen molar-refractivity contribution < 1.29 is 9.59 Å². The molecule has 1 aromatic rings. The first-order valence-electron chi connectivity index (χ1n) is 7.07. The predicted octanol–water partition coefficient (Wildman–Crippen LogP) is 1.89. The number of nitrogens with one attached hydrogen (secondary N) is 3. The van der Waals surface area contributed by atoms with Crippen LogP contribution in [-0.2, 0) is 4.79 Å². The highest BCUT2D eigenvalue weighted by molar-refractivity contribution is 9.11. The molecular weight excluding hydrogens is 354 g/mol. The van der Waals surface area contributed by atoms with Crippen molar-refractivity contribution in [2.24, 2.45) is 0 Å². The van der Waals surface area contributed by atoms with Crippen LogP contribution in [0.5, 0.6) is 0 Å². The van der Waals surface area contributed by atoms with Crippen LogP contribution in [-0.4, -0.2) is 36.5 Å². The van der Waals surface area contributed by atoms with Crippen LogP contribution in [0.1, 0.15) is 36.4 Å². The maximum atomic E-state index is 12.2. The fourth-order valence-electron chi connectivity index (χ4n) is 2.32. The van der Waals surface area contributed by atoms with Gasteiger partial charge in [0.1, 0.15) is 6.04 Å². The van der Waals surface area contributed by atoms with Crippen molar-refractivity contribution in [1.29, 1.82) is 0 Å². The molecule has 3 N–H and O–H groups in total. The van der Waals surface area contributed by atoms with Gasteiger partial charge in [-0.2, -0.15) is 0 Å². The lowest BCUT2D eigenvalue weighted by Gasteiger charge is -2.31. The molecule has 2 heterocycles. The third-order valence-corrected chi connectivity index (χ3v) is 5.25. The van der Waals surface area contributed by atoms with Crippen LogP contribution >= 0.6 is 27.3 Å². The monoisotopic (exact) mass is 373 g/mol. The number of thiophene rings is 1. The molecule has 0 spiro atoms. The molecule has 3 unspecified atom stereocenters. The zero-order valence-corrected chi connectivity index (χ0v) is 14.5. The van der Waals surface area contributed by atoms with Gasteiger partial charge in [-0.25, -0.2) is 0 Å². The number of halogens is 1. The van der Waals surface area contributed by atoms with Crippen LogP contribution in [0, 0.1) is 0 Å². The lowest BCUT2D eigenvalue weighted by Crippen LogP contribution is -2.55. The Balaban J connectivity index is 1.86. The minimum absolute atomic E-state index is 0.126. The maximum Gasteiger partial charge on any atom is 0.262 e. The topological polar surface area (TPSA) is 70.2 Å². The van der Waals surface area contributed by atoms with Gasteiger partial charge in [-0.15, -0.1) is 11.3 Å². The number of amides is 2. The molecule has 0 bridgehead atoms. The van der Waals surface area contributed by atoms with Crippen molar-refractivity contribution in [2.45, 2.75) is 44.8 Å². The van der Waals surface area contributed by atoms with E-state index >= 15 is 0 Å². The Bertz CT molecular complexity index is 520. The molecule has 1 aromatic heterocycles. The van der Waals surface area contributed by atoms with E-state index in [0.717, 1.165) is 23.2 Å². The molecule has 3 atom stereocenters. The average Bonchev–Trinajstić information content (AvgIpc) is 2.88. The highest BCUT2D eigenvalue weighted by Crippen LogP contribution is 2.21. The second kappa shape index (κ2) is 7.38. The van der Waals surface area contributed by atoms with E-state index in [9.17, 15) is 9.59 Å². The SMILES string of the molecule is CC(NC(=O)c1ccc(Br)s1)C(=O)NC1CCCNC1C. The molecule has 2 rings (SSSR count). The van der Waals surface area contributed by atoms with Crippen LogP contribution in [0.4, 0.5) is 0 Å². The Morgan fingerprint density at radius 1 is 1.48 bits per heavy atom. The molecule has 21 heavy (non-hydrogen) atoms. The van der Waals surface area contributed by atoms with Gasteiger partial charge < -0.3 is 16.0 Å². The largest absolute Gasteiger partial charge is 0.350 e. The zero-order valence-electron chi connectivity index (χ0n) is 12.1. The van der Waals surface area contributed by atoms with E-state index in [1.165, 1.54) is 11.3 Å². The zero-order chi connectivity index (χ0) is 15.4. The van der Waals surface area contributed by atoms with E-state index in [0.29, 0.717) is 4.88 Å². The standard InChI is InChI=1S/C14H20BrN3O2S/c1-8-10(4-3-7-16-8)18-13(19)9(2)17-14(20)11-5-6-12(15)21-11/h5-6,8-10,16H,3-4,7H2,1-2H3,(H,17,20)(H,18,19). The van der Waals surface area contributed by atoms with Gasteiger partial charge in [-0.1, -0.05) is 0 Å². The van der Waals surface area contributed by atoms with Crippen molar-refractivity contribution in [1.82, 2.24) is 16.0 Å². The van der Waals surface area contributed by atoms with E-state index in [-0.39, 0.29) is 23.9 Å². The van der Waals surface area contributed by atoms with Crippen LogP contribution in [0.3, 0.4) is 0 Å². The highest BCUT2D eigenvalue weighted by Gasteiger charge is 2.25. The molecule has 1 aliphatic heterocycles. The van der Waals surface area contributed by atoms with E-state index in [4.69, 9.17) is 0 Å². The second-order valence-electron chi connectivity index (χ2n) is 5.30. The van der Waals surface area contributed by atoms with Crippen molar-refractivity contribution in [3.8, 4) is 0 Å². The van der Waals surface area contributed by atoms with Crippen molar-refractivity contribution in [3.05, 3.63) is 20.8 Å². The Hall–Kier alpha value is -0.920. The molecule has 7 heteroatoms. The molecule has 5 nitrogen and oxygen atoms in total. The third kappa shape index (κ3) is 4.52. The van der Waals surface area contributed by atoms with Crippen molar-refractivity contribution >= 4 is 39.1 Å². The highest BCUT2D eigenvalue weighted by atomic mass is 79.9. The molecule has 0 radical (unpaired) electrons. The molecular formula is C14H20BrN3O2S. The number of rotatable bonds is 4. The molecule has 1 saturated heterocycles. The average molecular weight is 374 g/mol. The molecule has 0 saturated carbocycles. The summed E-state index contributed by atoms with van der Waals surface area (Å²) in [5, 5.41) is 9.08.